The topological polar surface area (TPSA) is 34.1 Å². The monoisotopic (exact) mass is 262 g/mol. The SMILES string of the molecule is COc1c(C)cnc(CC2(C(C)C)CCCN2)c1C. The van der Waals surface area contributed by atoms with E-state index in [1.54, 1.807) is 7.11 Å². The summed E-state index contributed by atoms with van der Waals surface area (Å²) in [6.45, 7) is 9.91. The molecule has 1 unspecified atom stereocenters. The average molecular weight is 262 g/mol. The molecule has 2 rings (SSSR count). The van der Waals surface area contributed by atoms with Crippen LogP contribution < -0.4 is 10.1 Å². The molecule has 1 fully saturated rings. The highest BCUT2D eigenvalue weighted by Crippen LogP contribution is 2.33. The van der Waals surface area contributed by atoms with Gasteiger partial charge in [-0.1, -0.05) is 13.8 Å². The molecule has 0 spiro atoms. The quantitative estimate of drug-likeness (QED) is 0.905. The van der Waals surface area contributed by atoms with Crippen molar-refractivity contribution in [3.8, 4) is 5.75 Å². The Bertz CT molecular complexity index is 448. The third kappa shape index (κ3) is 2.62. The van der Waals surface area contributed by atoms with Gasteiger partial charge in [-0.15, -0.1) is 0 Å². The lowest BCUT2D eigenvalue weighted by Gasteiger charge is -2.34. The molecule has 1 aliphatic rings. The van der Waals surface area contributed by atoms with Gasteiger partial charge in [-0.2, -0.15) is 0 Å². The second kappa shape index (κ2) is 5.49. The molecular weight excluding hydrogens is 236 g/mol. The van der Waals surface area contributed by atoms with Gasteiger partial charge in [0.1, 0.15) is 5.75 Å². The van der Waals surface area contributed by atoms with Gasteiger partial charge in [0, 0.05) is 35.0 Å². The lowest BCUT2D eigenvalue weighted by atomic mass is 9.80. The fraction of sp³-hybridized carbons (Fsp3) is 0.688. The van der Waals surface area contributed by atoms with Crippen molar-refractivity contribution in [2.45, 2.75) is 52.5 Å². The minimum absolute atomic E-state index is 0.206. The van der Waals surface area contributed by atoms with Crippen LogP contribution in [0.5, 0.6) is 5.75 Å². The summed E-state index contributed by atoms with van der Waals surface area (Å²) in [6.07, 6.45) is 5.43. The predicted molar refractivity (Wildman–Crippen MR) is 78.8 cm³/mol. The van der Waals surface area contributed by atoms with E-state index in [2.05, 4.69) is 38.0 Å². The van der Waals surface area contributed by atoms with Crippen LogP contribution in [0.1, 0.15) is 43.5 Å². The summed E-state index contributed by atoms with van der Waals surface area (Å²) in [5, 5.41) is 3.72. The zero-order valence-corrected chi connectivity index (χ0v) is 12.8. The second-order valence-electron chi connectivity index (χ2n) is 6.06. The number of pyridine rings is 1. The molecule has 1 N–H and O–H groups in total. The molecule has 0 radical (unpaired) electrons. The molecule has 0 aromatic carbocycles. The van der Waals surface area contributed by atoms with Crippen LogP contribution in [0.3, 0.4) is 0 Å². The molecule has 0 aliphatic carbocycles. The van der Waals surface area contributed by atoms with E-state index in [1.807, 2.05) is 6.20 Å². The summed E-state index contributed by atoms with van der Waals surface area (Å²) in [5.41, 5.74) is 3.68. The summed E-state index contributed by atoms with van der Waals surface area (Å²) in [4.78, 5) is 4.66. The summed E-state index contributed by atoms with van der Waals surface area (Å²) in [6, 6.07) is 0. The Balaban J connectivity index is 2.32. The van der Waals surface area contributed by atoms with Crippen molar-refractivity contribution in [1.82, 2.24) is 10.3 Å². The van der Waals surface area contributed by atoms with Gasteiger partial charge >= 0.3 is 0 Å². The zero-order valence-electron chi connectivity index (χ0n) is 12.8. The van der Waals surface area contributed by atoms with Crippen LogP contribution in [-0.4, -0.2) is 24.2 Å². The molecule has 106 valence electrons. The van der Waals surface area contributed by atoms with Gasteiger partial charge < -0.3 is 10.1 Å². The van der Waals surface area contributed by atoms with E-state index >= 15 is 0 Å². The smallest absolute Gasteiger partial charge is 0.128 e. The number of nitrogens with zero attached hydrogens (tertiary/aromatic N) is 1. The third-order valence-corrected chi connectivity index (χ3v) is 4.61. The van der Waals surface area contributed by atoms with Crippen molar-refractivity contribution < 1.29 is 4.74 Å². The van der Waals surface area contributed by atoms with Crippen LogP contribution in [0, 0.1) is 19.8 Å². The Kier molecular flexibility index (Phi) is 4.14. The predicted octanol–water partition coefficient (Wildman–Crippen LogP) is 3.03. The Labute approximate surface area is 116 Å². The molecule has 3 nitrogen and oxygen atoms in total. The molecular formula is C16H26N2O. The van der Waals surface area contributed by atoms with E-state index in [0.717, 1.165) is 24.3 Å². The van der Waals surface area contributed by atoms with E-state index in [1.165, 1.54) is 24.1 Å². The standard InChI is InChI=1S/C16H26N2O/c1-11(2)16(7-6-8-18-16)9-14-13(4)15(19-5)12(3)10-17-14/h10-11,18H,6-9H2,1-5H3. The zero-order chi connectivity index (χ0) is 14.0. The van der Waals surface area contributed by atoms with Crippen molar-refractivity contribution in [1.29, 1.82) is 0 Å². The summed E-state index contributed by atoms with van der Waals surface area (Å²) >= 11 is 0. The lowest BCUT2D eigenvalue weighted by Crippen LogP contribution is -2.47. The van der Waals surface area contributed by atoms with Crippen molar-refractivity contribution >= 4 is 0 Å². The Morgan fingerprint density at radius 1 is 1.42 bits per heavy atom. The van der Waals surface area contributed by atoms with Crippen LogP contribution in [0.25, 0.3) is 0 Å². The van der Waals surface area contributed by atoms with Gasteiger partial charge in [0.15, 0.2) is 0 Å². The number of aromatic nitrogens is 1. The Morgan fingerprint density at radius 3 is 2.68 bits per heavy atom. The molecule has 2 heterocycles. The van der Waals surface area contributed by atoms with Gasteiger partial charge in [-0.05, 0) is 39.2 Å². The normalized spacial score (nSPS) is 23.1. The van der Waals surface area contributed by atoms with Crippen LogP contribution in [0.4, 0.5) is 0 Å². The molecule has 1 saturated heterocycles. The molecule has 19 heavy (non-hydrogen) atoms. The number of hydrogen-bond acceptors (Lipinski definition) is 3. The third-order valence-electron chi connectivity index (χ3n) is 4.61. The van der Waals surface area contributed by atoms with Crippen molar-refractivity contribution in [2.75, 3.05) is 13.7 Å². The summed E-state index contributed by atoms with van der Waals surface area (Å²) in [5.74, 6) is 1.60. The largest absolute Gasteiger partial charge is 0.496 e. The number of methoxy groups -OCH3 is 1. The van der Waals surface area contributed by atoms with Crippen molar-refractivity contribution in [2.24, 2.45) is 5.92 Å². The van der Waals surface area contributed by atoms with Gasteiger partial charge in [0.05, 0.1) is 7.11 Å². The maximum atomic E-state index is 5.51. The minimum Gasteiger partial charge on any atom is -0.496 e. The average Bonchev–Trinajstić information content (AvgIpc) is 2.83. The number of rotatable bonds is 4. The molecule has 3 heteroatoms. The maximum Gasteiger partial charge on any atom is 0.128 e. The highest BCUT2D eigenvalue weighted by Gasteiger charge is 2.37. The number of nitrogens with one attached hydrogen (secondary N) is 1. The first kappa shape index (κ1) is 14.3. The van der Waals surface area contributed by atoms with Crippen molar-refractivity contribution in [3.05, 3.63) is 23.0 Å². The van der Waals surface area contributed by atoms with E-state index < -0.39 is 0 Å². The Morgan fingerprint density at radius 2 is 2.16 bits per heavy atom. The fourth-order valence-electron chi connectivity index (χ4n) is 3.23. The molecule has 1 atom stereocenters. The summed E-state index contributed by atoms with van der Waals surface area (Å²) in [7, 11) is 1.74. The van der Waals surface area contributed by atoms with E-state index in [-0.39, 0.29) is 5.54 Å². The number of aryl methyl sites for hydroxylation is 1. The first-order valence-electron chi connectivity index (χ1n) is 7.24. The first-order valence-corrected chi connectivity index (χ1v) is 7.24. The van der Waals surface area contributed by atoms with Crippen molar-refractivity contribution in [3.63, 3.8) is 0 Å². The van der Waals surface area contributed by atoms with Crippen LogP contribution in [0.15, 0.2) is 6.20 Å². The fourth-order valence-corrected chi connectivity index (χ4v) is 3.23. The highest BCUT2D eigenvalue weighted by atomic mass is 16.5. The molecule has 1 aliphatic heterocycles. The lowest BCUT2D eigenvalue weighted by molar-refractivity contribution is 0.266. The van der Waals surface area contributed by atoms with E-state index in [4.69, 9.17) is 4.74 Å². The van der Waals surface area contributed by atoms with Gasteiger partial charge in [-0.3, -0.25) is 4.98 Å². The molecule has 0 bridgehead atoms. The van der Waals surface area contributed by atoms with Crippen LogP contribution in [-0.2, 0) is 6.42 Å². The van der Waals surface area contributed by atoms with Gasteiger partial charge in [0.2, 0.25) is 0 Å². The van der Waals surface area contributed by atoms with Gasteiger partial charge in [0.25, 0.3) is 0 Å². The minimum atomic E-state index is 0.206. The van der Waals surface area contributed by atoms with E-state index in [0.29, 0.717) is 5.92 Å². The molecule has 0 amide bonds. The van der Waals surface area contributed by atoms with Crippen LogP contribution >= 0.6 is 0 Å². The molecule has 0 saturated carbocycles. The molecule has 1 aromatic rings. The Hall–Kier alpha value is -1.09. The first-order chi connectivity index (χ1) is 9.00. The molecule has 1 aromatic heterocycles. The number of ether oxygens (including phenoxy) is 1. The van der Waals surface area contributed by atoms with Crippen LogP contribution in [0.2, 0.25) is 0 Å². The van der Waals surface area contributed by atoms with E-state index in [9.17, 15) is 0 Å². The second-order valence-corrected chi connectivity index (χ2v) is 6.06. The highest BCUT2D eigenvalue weighted by molar-refractivity contribution is 5.41. The van der Waals surface area contributed by atoms with Gasteiger partial charge in [-0.25, -0.2) is 0 Å². The number of hydrogen-bond donors (Lipinski definition) is 1. The summed E-state index contributed by atoms with van der Waals surface area (Å²) < 4.78 is 5.51. The maximum absolute atomic E-state index is 5.51.